The average molecular weight is 237 g/mol. The second-order valence-electron chi connectivity index (χ2n) is 4.89. The minimum Gasteiger partial charge on any atom is -0.0991 e. The molecule has 16 heavy (non-hydrogen) atoms. The lowest BCUT2D eigenvalue weighted by atomic mass is 9.71. The van der Waals surface area contributed by atoms with Gasteiger partial charge in [-0.2, -0.15) is 0 Å². The monoisotopic (exact) mass is 236 g/mol. The molecule has 0 aromatic heterocycles. The van der Waals surface area contributed by atoms with Gasteiger partial charge in [-0.15, -0.1) is 0 Å². The average Bonchev–Trinajstić information content (AvgIpc) is 2.24. The summed E-state index contributed by atoms with van der Waals surface area (Å²) in [5.41, 5.74) is 2.71. The first kappa shape index (κ1) is 13.3. The first-order valence-corrected chi connectivity index (χ1v) is 6.27. The highest BCUT2D eigenvalue weighted by atomic mass is 35.5. The molecule has 0 heterocycles. The Morgan fingerprint density at radius 2 is 2.06 bits per heavy atom. The fourth-order valence-electron chi connectivity index (χ4n) is 2.56. The minimum absolute atomic E-state index is 0.325. The predicted molar refractivity (Wildman–Crippen MR) is 73.6 cm³/mol. The molecule has 1 heteroatoms. The zero-order valence-electron chi connectivity index (χ0n) is 10.4. The molecule has 0 amide bonds. The van der Waals surface area contributed by atoms with Crippen molar-refractivity contribution in [2.45, 2.75) is 39.5 Å². The molecule has 0 fully saturated rings. The van der Waals surface area contributed by atoms with Crippen molar-refractivity contribution in [3.05, 3.63) is 47.6 Å². The second kappa shape index (κ2) is 5.54. The zero-order valence-corrected chi connectivity index (χ0v) is 11.1. The van der Waals surface area contributed by atoms with Crippen molar-refractivity contribution >= 4 is 11.6 Å². The third kappa shape index (κ3) is 2.89. The van der Waals surface area contributed by atoms with Crippen LogP contribution in [0.4, 0.5) is 0 Å². The standard InChI is InChI=1S/C15H21Cl/c1-5-8-13-11-15(4,9-6-2)10-12(7-3)14(13)16/h5,7-8H,1,3,6,9-11H2,2,4H3/b13-8+. The van der Waals surface area contributed by atoms with Crippen molar-refractivity contribution in [3.63, 3.8) is 0 Å². The van der Waals surface area contributed by atoms with Gasteiger partial charge in [-0.25, -0.2) is 0 Å². The second-order valence-corrected chi connectivity index (χ2v) is 5.26. The molecule has 0 aromatic rings. The summed E-state index contributed by atoms with van der Waals surface area (Å²) < 4.78 is 0. The lowest BCUT2D eigenvalue weighted by Gasteiger charge is -2.35. The van der Waals surface area contributed by atoms with Crippen LogP contribution < -0.4 is 0 Å². The molecule has 1 atom stereocenters. The Morgan fingerprint density at radius 3 is 2.56 bits per heavy atom. The van der Waals surface area contributed by atoms with Crippen LogP contribution in [0.2, 0.25) is 0 Å². The van der Waals surface area contributed by atoms with Gasteiger partial charge in [-0.05, 0) is 35.8 Å². The summed E-state index contributed by atoms with van der Waals surface area (Å²) in [6, 6.07) is 0. The summed E-state index contributed by atoms with van der Waals surface area (Å²) >= 11 is 6.35. The predicted octanol–water partition coefficient (Wildman–Crippen LogP) is 5.38. The molecule has 0 saturated heterocycles. The Labute approximate surface area is 104 Å². The Kier molecular flexibility index (Phi) is 4.61. The van der Waals surface area contributed by atoms with Gasteiger partial charge in [-0.1, -0.05) is 63.3 Å². The van der Waals surface area contributed by atoms with Crippen molar-refractivity contribution < 1.29 is 0 Å². The fourth-order valence-corrected chi connectivity index (χ4v) is 2.83. The topological polar surface area (TPSA) is 0 Å². The number of halogens is 1. The maximum Gasteiger partial charge on any atom is 0.0470 e. The van der Waals surface area contributed by atoms with Gasteiger partial charge in [0.2, 0.25) is 0 Å². The van der Waals surface area contributed by atoms with E-state index in [0.717, 1.165) is 17.9 Å². The van der Waals surface area contributed by atoms with Gasteiger partial charge in [0.25, 0.3) is 0 Å². The number of allylic oxidation sites excluding steroid dienone is 6. The maximum absolute atomic E-state index is 6.35. The summed E-state index contributed by atoms with van der Waals surface area (Å²) in [6.45, 7) is 12.2. The van der Waals surface area contributed by atoms with Crippen molar-refractivity contribution in [3.8, 4) is 0 Å². The molecule has 0 saturated carbocycles. The van der Waals surface area contributed by atoms with E-state index in [9.17, 15) is 0 Å². The van der Waals surface area contributed by atoms with Crippen LogP contribution in [0.15, 0.2) is 47.6 Å². The molecule has 1 rings (SSSR count). The van der Waals surface area contributed by atoms with Crippen LogP contribution in [-0.4, -0.2) is 0 Å². The van der Waals surface area contributed by atoms with E-state index in [2.05, 4.69) is 27.0 Å². The maximum atomic E-state index is 6.35. The normalized spacial score (nSPS) is 28.3. The van der Waals surface area contributed by atoms with E-state index in [4.69, 9.17) is 11.6 Å². The van der Waals surface area contributed by atoms with Crippen molar-refractivity contribution in [1.82, 2.24) is 0 Å². The fraction of sp³-hybridized carbons (Fsp3) is 0.467. The molecule has 0 bridgehead atoms. The largest absolute Gasteiger partial charge is 0.0991 e. The molecule has 1 aliphatic carbocycles. The lowest BCUT2D eigenvalue weighted by Crippen LogP contribution is -2.22. The van der Waals surface area contributed by atoms with Crippen LogP contribution in [0.25, 0.3) is 0 Å². The molecule has 1 unspecified atom stereocenters. The Morgan fingerprint density at radius 1 is 1.38 bits per heavy atom. The van der Waals surface area contributed by atoms with Crippen LogP contribution in [0.5, 0.6) is 0 Å². The highest BCUT2D eigenvalue weighted by molar-refractivity contribution is 6.32. The first-order valence-electron chi connectivity index (χ1n) is 5.89. The molecule has 0 aliphatic heterocycles. The smallest absolute Gasteiger partial charge is 0.0470 e. The molecule has 0 radical (unpaired) electrons. The van der Waals surface area contributed by atoms with Crippen LogP contribution >= 0.6 is 11.6 Å². The van der Waals surface area contributed by atoms with Gasteiger partial charge >= 0.3 is 0 Å². The molecule has 0 aromatic carbocycles. The van der Waals surface area contributed by atoms with Gasteiger partial charge in [0, 0.05) is 5.03 Å². The molecule has 0 N–H and O–H groups in total. The third-order valence-electron chi connectivity index (χ3n) is 3.22. The summed E-state index contributed by atoms with van der Waals surface area (Å²) in [5, 5.41) is 0.878. The lowest BCUT2D eigenvalue weighted by molar-refractivity contribution is 0.283. The molecule has 0 nitrogen and oxygen atoms in total. The van der Waals surface area contributed by atoms with E-state index >= 15 is 0 Å². The van der Waals surface area contributed by atoms with E-state index in [0.29, 0.717) is 5.41 Å². The Balaban J connectivity index is 3.09. The van der Waals surface area contributed by atoms with E-state index in [1.807, 2.05) is 18.2 Å². The van der Waals surface area contributed by atoms with Crippen molar-refractivity contribution in [2.24, 2.45) is 5.41 Å². The van der Waals surface area contributed by atoms with Crippen molar-refractivity contribution in [1.29, 1.82) is 0 Å². The Hall–Kier alpha value is -0.750. The van der Waals surface area contributed by atoms with Crippen LogP contribution in [0.3, 0.4) is 0 Å². The number of hydrogen-bond donors (Lipinski definition) is 0. The summed E-state index contributed by atoms with van der Waals surface area (Å²) in [5.74, 6) is 0. The summed E-state index contributed by atoms with van der Waals surface area (Å²) in [6.07, 6.45) is 10.3. The van der Waals surface area contributed by atoms with Crippen LogP contribution in [0, 0.1) is 5.41 Å². The van der Waals surface area contributed by atoms with Crippen LogP contribution in [0.1, 0.15) is 39.5 Å². The van der Waals surface area contributed by atoms with Gasteiger partial charge in [-0.3, -0.25) is 0 Å². The van der Waals surface area contributed by atoms with Crippen LogP contribution in [-0.2, 0) is 0 Å². The van der Waals surface area contributed by atoms with E-state index in [1.165, 1.54) is 24.0 Å². The summed E-state index contributed by atoms with van der Waals surface area (Å²) in [7, 11) is 0. The minimum atomic E-state index is 0.325. The summed E-state index contributed by atoms with van der Waals surface area (Å²) in [4.78, 5) is 0. The third-order valence-corrected chi connectivity index (χ3v) is 3.70. The zero-order chi connectivity index (χ0) is 12.2. The van der Waals surface area contributed by atoms with Crippen molar-refractivity contribution in [2.75, 3.05) is 0 Å². The van der Waals surface area contributed by atoms with E-state index in [1.54, 1.807) is 0 Å². The first-order chi connectivity index (χ1) is 7.56. The van der Waals surface area contributed by atoms with Gasteiger partial charge in [0.1, 0.15) is 0 Å². The SMILES string of the molecule is C=C/C=C1\CC(C)(CCC)CC(C=C)=C1Cl. The number of hydrogen-bond acceptors (Lipinski definition) is 0. The molecular weight excluding hydrogens is 216 g/mol. The molecule has 88 valence electrons. The highest BCUT2D eigenvalue weighted by Gasteiger charge is 2.31. The van der Waals surface area contributed by atoms with E-state index in [-0.39, 0.29) is 0 Å². The molecular formula is C15H21Cl. The van der Waals surface area contributed by atoms with E-state index < -0.39 is 0 Å². The Bertz CT molecular complexity index is 346. The quantitative estimate of drug-likeness (QED) is 0.615. The van der Waals surface area contributed by atoms with Gasteiger partial charge in [0.05, 0.1) is 0 Å². The number of rotatable bonds is 4. The molecule has 1 aliphatic rings. The van der Waals surface area contributed by atoms with Gasteiger partial charge in [0.15, 0.2) is 0 Å². The highest BCUT2D eigenvalue weighted by Crippen LogP contribution is 2.46. The molecule has 0 spiro atoms. The van der Waals surface area contributed by atoms with Gasteiger partial charge < -0.3 is 0 Å².